The van der Waals surface area contributed by atoms with Crippen molar-refractivity contribution in [1.82, 2.24) is 14.7 Å². The molecule has 0 radical (unpaired) electrons. The number of aromatic hydroxyl groups is 1. The van der Waals surface area contributed by atoms with Crippen molar-refractivity contribution in [3.63, 3.8) is 0 Å². The Bertz CT molecular complexity index is 1230. The van der Waals surface area contributed by atoms with Crippen molar-refractivity contribution < 1.29 is 18.4 Å². The summed E-state index contributed by atoms with van der Waals surface area (Å²) in [7, 11) is 0. The number of aryl methyl sites for hydroxylation is 1. The van der Waals surface area contributed by atoms with Gasteiger partial charge in [-0.1, -0.05) is 17.3 Å². The molecule has 0 bridgehead atoms. The summed E-state index contributed by atoms with van der Waals surface area (Å²) >= 11 is 0. The Balaban J connectivity index is 1.97. The number of halogens is 2. The Labute approximate surface area is 151 Å². The average molecular weight is 369 g/mol. The predicted octanol–water partition coefficient (Wildman–Crippen LogP) is 3.72. The van der Waals surface area contributed by atoms with Crippen molar-refractivity contribution in [3.8, 4) is 28.6 Å². The van der Waals surface area contributed by atoms with Gasteiger partial charge >= 0.3 is 0 Å². The van der Waals surface area contributed by atoms with E-state index < -0.39 is 22.9 Å². The molecule has 8 heteroatoms. The van der Waals surface area contributed by atoms with Crippen LogP contribution in [-0.2, 0) is 6.54 Å². The molecule has 2 heterocycles. The van der Waals surface area contributed by atoms with Gasteiger partial charge in [-0.15, -0.1) is 0 Å². The second-order valence-electron chi connectivity index (χ2n) is 5.84. The maximum Gasteiger partial charge on any atom is 0.267 e. The minimum absolute atomic E-state index is 0.0517. The monoisotopic (exact) mass is 369 g/mol. The third kappa shape index (κ3) is 2.66. The molecule has 0 amide bonds. The van der Waals surface area contributed by atoms with E-state index in [0.29, 0.717) is 0 Å². The van der Waals surface area contributed by atoms with Crippen LogP contribution in [0.15, 0.2) is 51.8 Å². The van der Waals surface area contributed by atoms with E-state index in [0.717, 1.165) is 0 Å². The molecule has 0 fully saturated rings. The largest absolute Gasteiger partial charge is 0.506 e. The third-order valence-electron chi connectivity index (χ3n) is 4.27. The average Bonchev–Trinajstić information content (AvgIpc) is 3.12. The SMILES string of the molecule is CCn1c(=O)c(-c2nc(-c3ccccc3F)no2)c(O)c2ccc(F)cc21. The van der Waals surface area contributed by atoms with E-state index >= 15 is 0 Å². The van der Waals surface area contributed by atoms with E-state index in [9.17, 15) is 18.7 Å². The standard InChI is InChI=1S/C19H13F2N3O3/c1-2-24-14-9-10(20)7-8-12(14)16(25)15(19(24)26)18-22-17(23-27-18)11-5-3-4-6-13(11)21/h3-9,25H,2H2,1H3. The molecule has 0 aliphatic rings. The summed E-state index contributed by atoms with van der Waals surface area (Å²) < 4.78 is 33.9. The summed E-state index contributed by atoms with van der Waals surface area (Å²) in [5, 5.41) is 14.6. The van der Waals surface area contributed by atoms with Crippen molar-refractivity contribution in [1.29, 1.82) is 0 Å². The zero-order valence-corrected chi connectivity index (χ0v) is 14.1. The number of fused-ring (bicyclic) bond motifs is 1. The van der Waals surface area contributed by atoms with Gasteiger partial charge in [0.2, 0.25) is 5.82 Å². The molecule has 4 aromatic rings. The Morgan fingerprint density at radius 1 is 1.19 bits per heavy atom. The number of hydrogen-bond acceptors (Lipinski definition) is 5. The number of pyridine rings is 1. The van der Waals surface area contributed by atoms with Gasteiger partial charge in [0.05, 0.1) is 11.1 Å². The normalized spacial score (nSPS) is 11.2. The lowest BCUT2D eigenvalue weighted by Gasteiger charge is -2.11. The highest BCUT2D eigenvalue weighted by Gasteiger charge is 2.23. The first-order chi connectivity index (χ1) is 13.0. The Morgan fingerprint density at radius 3 is 2.70 bits per heavy atom. The van der Waals surface area contributed by atoms with Gasteiger partial charge in [-0.2, -0.15) is 4.98 Å². The molecular formula is C19H13F2N3O3. The van der Waals surface area contributed by atoms with Crippen LogP contribution in [0.4, 0.5) is 8.78 Å². The van der Waals surface area contributed by atoms with Crippen molar-refractivity contribution in [2.45, 2.75) is 13.5 Å². The molecule has 2 aromatic heterocycles. The van der Waals surface area contributed by atoms with Crippen molar-refractivity contribution >= 4 is 10.9 Å². The molecule has 0 saturated heterocycles. The lowest BCUT2D eigenvalue weighted by Crippen LogP contribution is -2.21. The summed E-state index contributed by atoms with van der Waals surface area (Å²) in [6, 6.07) is 9.56. The van der Waals surface area contributed by atoms with Crippen LogP contribution in [0.5, 0.6) is 5.75 Å². The van der Waals surface area contributed by atoms with Gasteiger partial charge in [-0.25, -0.2) is 8.78 Å². The predicted molar refractivity (Wildman–Crippen MR) is 94.2 cm³/mol. The molecule has 1 N–H and O–H groups in total. The van der Waals surface area contributed by atoms with E-state index in [1.54, 1.807) is 13.0 Å². The van der Waals surface area contributed by atoms with Gasteiger partial charge < -0.3 is 14.2 Å². The van der Waals surface area contributed by atoms with Gasteiger partial charge in [0, 0.05) is 11.9 Å². The van der Waals surface area contributed by atoms with Crippen LogP contribution in [-0.4, -0.2) is 19.8 Å². The molecule has 4 rings (SSSR count). The van der Waals surface area contributed by atoms with Gasteiger partial charge in [0.1, 0.15) is 22.9 Å². The molecule has 6 nitrogen and oxygen atoms in total. The molecular weight excluding hydrogens is 356 g/mol. The van der Waals surface area contributed by atoms with E-state index in [1.165, 1.54) is 41.0 Å². The number of benzene rings is 2. The second-order valence-corrected chi connectivity index (χ2v) is 5.84. The van der Waals surface area contributed by atoms with Crippen molar-refractivity contribution in [2.75, 3.05) is 0 Å². The number of aromatic nitrogens is 3. The summed E-state index contributed by atoms with van der Waals surface area (Å²) in [5.74, 6) is -1.78. The Morgan fingerprint density at radius 2 is 1.96 bits per heavy atom. The highest BCUT2D eigenvalue weighted by molar-refractivity contribution is 5.91. The number of rotatable bonds is 3. The highest BCUT2D eigenvalue weighted by Crippen LogP contribution is 2.33. The van der Waals surface area contributed by atoms with Gasteiger partial charge in [-0.05, 0) is 37.3 Å². The summed E-state index contributed by atoms with van der Waals surface area (Å²) in [6.45, 7) is 1.95. The first kappa shape index (κ1) is 16.9. The zero-order valence-electron chi connectivity index (χ0n) is 14.1. The lowest BCUT2D eigenvalue weighted by molar-refractivity contribution is 0.424. The van der Waals surface area contributed by atoms with E-state index in [2.05, 4.69) is 10.1 Å². The second kappa shape index (κ2) is 6.31. The molecule has 0 unspecified atom stereocenters. The molecule has 27 heavy (non-hydrogen) atoms. The van der Waals surface area contributed by atoms with Crippen LogP contribution in [0.1, 0.15) is 6.92 Å². The van der Waals surface area contributed by atoms with Crippen LogP contribution in [0.2, 0.25) is 0 Å². The fraction of sp³-hybridized carbons (Fsp3) is 0.105. The van der Waals surface area contributed by atoms with Gasteiger partial charge in [-0.3, -0.25) is 4.79 Å². The van der Waals surface area contributed by atoms with Crippen LogP contribution < -0.4 is 5.56 Å². The molecule has 0 aliphatic heterocycles. The molecule has 0 aliphatic carbocycles. The van der Waals surface area contributed by atoms with Crippen LogP contribution in [0.25, 0.3) is 33.7 Å². The van der Waals surface area contributed by atoms with Gasteiger partial charge in [0.15, 0.2) is 0 Å². The van der Waals surface area contributed by atoms with Crippen LogP contribution in [0, 0.1) is 11.6 Å². The van der Waals surface area contributed by atoms with Crippen molar-refractivity contribution in [3.05, 3.63) is 64.5 Å². The molecule has 2 aromatic carbocycles. The Kier molecular flexibility index (Phi) is 3.95. The molecule has 0 spiro atoms. The third-order valence-corrected chi connectivity index (χ3v) is 4.27. The number of nitrogens with zero attached hydrogens (tertiary/aromatic N) is 3. The first-order valence-corrected chi connectivity index (χ1v) is 8.15. The minimum atomic E-state index is -0.614. The molecule has 0 atom stereocenters. The smallest absolute Gasteiger partial charge is 0.267 e. The summed E-state index contributed by atoms with van der Waals surface area (Å²) in [5.41, 5.74) is -0.480. The van der Waals surface area contributed by atoms with E-state index in [-0.39, 0.29) is 40.3 Å². The van der Waals surface area contributed by atoms with Crippen molar-refractivity contribution in [2.24, 2.45) is 0 Å². The molecule has 0 saturated carbocycles. The van der Waals surface area contributed by atoms with E-state index in [4.69, 9.17) is 4.52 Å². The van der Waals surface area contributed by atoms with E-state index in [1.807, 2.05) is 0 Å². The maximum atomic E-state index is 13.9. The summed E-state index contributed by atoms with van der Waals surface area (Å²) in [4.78, 5) is 16.9. The van der Waals surface area contributed by atoms with Gasteiger partial charge in [0.25, 0.3) is 11.4 Å². The van der Waals surface area contributed by atoms with Crippen LogP contribution >= 0.6 is 0 Å². The minimum Gasteiger partial charge on any atom is -0.506 e. The summed E-state index contributed by atoms with van der Waals surface area (Å²) in [6.07, 6.45) is 0. The first-order valence-electron chi connectivity index (χ1n) is 8.15. The Hall–Kier alpha value is -3.55. The molecule has 136 valence electrons. The zero-order chi connectivity index (χ0) is 19.1. The fourth-order valence-corrected chi connectivity index (χ4v) is 2.99. The quantitative estimate of drug-likeness (QED) is 0.595. The highest BCUT2D eigenvalue weighted by atomic mass is 19.1. The lowest BCUT2D eigenvalue weighted by atomic mass is 10.1. The topological polar surface area (TPSA) is 81.2 Å². The van der Waals surface area contributed by atoms with Crippen LogP contribution in [0.3, 0.4) is 0 Å². The number of hydrogen-bond donors (Lipinski definition) is 1. The maximum absolute atomic E-state index is 13.9. The fourth-order valence-electron chi connectivity index (χ4n) is 2.99.